The molecule has 1 aromatic carbocycles. The second-order valence-electron chi connectivity index (χ2n) is 6.92. The van der Waals surface area contributed by atoms with E-state index in [-0.39, 0.29) is 11.8 Å². The van der Waals surface area contributed by atoms with Crippen LogP contribution in [0.15, 0.2) is 54.9 Å². The van der Waals surface area contributed by atoms with Crippen LogP contribution in [0.2, 0.25) is 0 Å². The molecule has 1 atom stereocenters. The zero-order valence-corrected chi connectivity index (χ0v) is 15.1. The van der Waals surface area contributed by atoms with Gasteiger partial charge in [0.1, 0.15) is 5.65 Å². The minimum Gasteiger partial charge on any atom is -0.356 e. The topological polar surface area (TPSA) is 46.4 Å². The van der Waals surface area contributed by atoms with Gasteiger partial charge < -0.3 is 9.72 Å². The fourth-order valence-electron chi connectivity index (χ4n) is 3.14. The standard InChI is InChI=1S/C21H25N3O/c1-15(2)13-23-21(25)12-18(17-9-5-4-8-16(17)3)19-14-22-20-10-6-7-11-24(19)20/h4-11,14-15,18H,12-13H2,1-3H3,(H,23,25). The Kier molecular flexibility index (Phi) is 5.17. The fraction of sp³-hybridized carbons (Fsp3) is 0.333. The van der Waals surface area contributed by atoms with Crippen LogP contribution in [-0.2, 0) is 4.79 Å². The Morgan fingerprint density at radius 1 is 1.16 bits per heavy atom. The molecule has 0 fully saturated rings. The number of rotatable bonds is 6. The molecule has 130 valence electrons. The highest BCUT2D eigenvalue weighted by atomic mass is 16.1. The molecule has 0 spiro atoms. The van der Waals surface area contributed by atoms with Gasteiger partial charge >= 0.3 is 0 Å². The first-order valence-corrected chi connectivity index (χ1v) is 8.80. The van der Waals surface area contributed by atoms with Crippen molar-refractivity contribution in [3.05, 3.63) is 71.7 Å². The molecule has 0 aliphatic rings. The number of hydrogen-bond acceptors (Lipinski definition) is 2. The van der Waals surface area contributed by atoms with Crippen LogP contribution < -0.4 is 5.32 Å². The molecule has 25 heavy (non-hydrogen) atoms. The van der Waals surface area contributed by atoms with Gasteiger partial charge in [0, 0.05) is 31.3 Å². The smallest absolute Gasteiger partial charge is 0.221 e. The quantitative estimate of drug-likeness (QED) is 0.742. The number of fused-ring (bicyclic) bond motifs is 1. The lowest BCUT2D eigenvalue weighted by Crippen LogP contribution is -2.29. The van der Waals surface area contributed by atoms with E-state index in [1.807, 2.05) is 42.7 Å². The molecule has 0 aliphatic carbocycles. The Balaban J connectivity index is 1.98. The first-order valence-electron chi connectivity index (χ1n) is 8.80. The molecule has 0 saturated carbocycles. The van der Waals surface area contributed by atoms with Crippen molar-refractivity contribution in [2.75, 3.05) is 6.54 Å². The summed E-state index contributed by atoms with van der Waals surface area (Å²) in [5.41, 5.74) is 4.31. The van der Waals surface area contributed by atoms with E-state index in [2.05, 4.69) is 47.6 Å². The number of nitrogens with one attached hydrogen (secondary N) is 1. The lowest BCUT2D eigenvalue weighted by molar-refractivity contribution is -0.121. The van der Waals surface area contributed by atoms with E-state index in [0.29, 0.717) is 18.9 Å². The van der Waals surface area contributed by atoms with Gasteiger partial charge in [0.15, 0.2) is 0 Å². The maximum Gasteiger partial charge on any atom is 0.221 e. The van der Waals surface area contributed by atoms with Gasteiger partial charge in [-0.25, -0.2) is 4.98 Å². The summed E-state index contributed by atoms with van der Waals surface area (Å²) in [5, 5.41) is 3.04. The van der Waals surface area contributed by atoms with Crippen LogP contribution in [0.4, 0.5) is 0 Å². The molecule has 0 saturated heterocycles. The number of amides is 1. The van der Waals surface area contributed by atoms with E-state index in [4.69, 9.17) is 0 Å². The maximum absolute atomic E-state index is 12.5. The SMILES string of the molecule is Cc1ccccc1C(CC(=O)NCC(C)C)c1cnc2ccccn12. The van der Waals surface area contributed by atoms with Crippen molar-refractivity contribution in [3.8, 4) is 0 Å². The second-order valence-corrected chi connectivity index (χ2v) is 6.92. The fourth-order valence-corrected chi connectivity index (χ4v) is 3.14. The Morgan fingerprint density at radius 3 is 2.68 bits per heavy atom. The number of nitrogens with zero attached hydrogens (tertiary/aromatic N) is 2. The number of pyridine rings is 1. The predicted octanol–water partition coefficient (Wildman–Crippen LogP) is 3.94. The van der Waals surface area contributed by atoms with Crippen LogP contribution >= 0.6 is 0 Å². The molecular formula is C21H25N3O. The van der Waals surface area contributed by atoms with Gasteiger partial charge in [-0.05, 0) is 36.1 Å². The molecule has 4 nitrogen and oxygen atoms in total. The van der Waals surface area contributed by atoms with Crippen LogP contribution in [0.1, 0.15) is 43.0 Å². The summed E-state index contributed by atoms with van der Waals surface area (Å²) < 4.78 is 2.08. The van der Waals surface area contributed by atoms with Gasteiger partial charge in [0.2, 0.25) is 5.91 Å². The third-order valence-electron chi connectivity index (χ3n) is 4.46. The molecule has 0 aliphatic heterocycles. The zero-order valence-electron chi connectivity index (χ0n) is 15.1. The van der Waals surface area contributed by atoms with Crippen molar-refractivity contribution in [2.45, 2.75) is 33.1 Å². The normalized spacial score (nSPS) is 12.5. The Bertz CT molecular complexity index is 866. The molecule has 2 heterocycles. The van der Waals surface area contributed by atoms with Crippen molar-refractivity contribution in [1.29, 1.82) is 0 Å². The van der Waals surface area contributed by atoms with Crippen molar-refractivity contribution in [3.63, 3.8) is 0 Å². The molecule has 1 unspecified atom stereocenters. The summed E-state index contributed by atoms with van der Waals surface area (Å²) in [6.45, 7) is 7.00. The number of benzene rings is 1. The number of hydrogen-bond donors (Lipinski definition) is 1. The third-order valence-corrected chi connectivity index (χ3v) is 4.46. The van der Waals surface area contributed by atoms with Crippen LogP contribution in [0.25, 0.3) is 5.65 Å². The summed E-state index contributed by atoms with van der Waals surface area (Å²) in [6.07, 6.45) is 4.32. The van der Waals surface area contributed by atoms with Gasteiger partial charge in [0.05, 0.1) is 5.69 Å². The monoisotopic (exact) mass is 335 g/mol. The first kappa shape index (κ1) is 17.2. The van der Waals surface area contributed by atoms with Crippen LogP contribution in [0.5, 0.6) is 0 Å². The van der Waals surface area contributed by atoms with E-state index in [1.165, 1.54) is 11.1 Å². The second kappa shape index (κ2) is 7.51. The van der Waals surface area contributed by atoms with Crippen molar-refractivity contribution in [1.82, 2.24) is 14.7 Å². The number of carbonyl (C=O) groups excluding carboxylic acids is 1. The minimum atomic E-state index is -0.0224. The van der Waals surface area contributed by atoms with Crippen molar-refractivity contribution >= 4 is 11.6 Å². The number of imidazole rings is 1. The molecule has 2 aromatic heterocycles. The Labute approximate surface area is 148 Å². The highest BCUT2D eigenvalue weighted by Crippen LogP contribution is 2.30. The molecule has 0 bridgehead atoms. The van der Waals surface area contributed by atoms with Gasteiger partial charge in [-0.15, -0.1) is 0 Å². The zero-order chi connectivity index (χ0) is 17.8. The number of carbonyl (C=O) groups is 1. The van der Waals surface area contributed by atoms with Crippen LogP contribution in [0.3, 0.4) is 0 Å². The van der Waals surface area contributed by atoms with Crippen LogP contribution in [0, 0.1) is 12.8 Å². The molecule has 3 aromatic rings. The predicted molar refractivity (Wildman–Crippen MR) is 101 cm³/mol. The van der Waals surface area contributed by atoms with E-state index in [9.17, 15) is 4.79 Å². The summed E-state index contributed by atoms with van der Waals surface area (Å²) in [5.74, 6) is 0.496. The lowest BCUT2D eigenvalue weighted by Gasteiger charge is -2.19. The van der Waals surface area contributed by atoms with E-state index < -0.39 is 0 Å². The molecule has 4 heteroatoms. The van der Waals surface area contributed by atoms with E-state index in [1.54, 1.807) is 0 Å². The van der Waals surface area contributed by atoms with Gasteiger partial charge in [-0.2, -0.15) is 0 Å². The lowest BCUT2D eigenvalue weighted by atomic mass is 9.89. The molecule has 1 N–H and O–H groups in total. The van der Waals surface area contributed by atoms with Gasteiger partial charge in [0.25, 0.3) is 0 Å². The maximum atomic E-state index is 12.5. The first-order chi connectivity index (χ1) is 12.1. The van der Waals surface area contributed by atoms with Crippen molar-refractivity contribution in [2.24, 2.45) is 5.92 Å². The van der Waals surface area contributed by atoms with Gasteiger partial charge in [-0.3, -0.25) is 4.79 Å². The molecule has 0 radical (unpaired) electrons. The van der Waals surface area contributed by atoms with Crippen LogP contribution in [-0.4, -0.2) is 21.8 Å². The van der Waals surface area contributed by atoms with Gasteiger partial charge in [-0.1, -0.05) is 44.2 Å². The largest absolute Gasteiger partial charge is 0.356 e. The summed E-state index contributed by atoms with van der Waals surface area (Å²) >= 11 is 0. The summed E-state index contributed by atoms with van der Waals surface area (Å²) in [7, 11) is 0. The highest BCUT2D eigenvalue weighted by molar-refractivity contribution is 5.77. The minimum absolute atomic E-state index is 0.0224. The summed E-state index contributed by atoms with van der Waals surface area (Å²) in [6, 6.07) is 14.2. The average Bonchev–Trinajstić information content (AvgIpc) is 3.02. The van der Waals surface area contributed by atoms with E-state index in [0.717, 1.165) is 11.3 Å². The van der Waals surface area contributed by atoms with Crippen molar-refractivity contribution < 1.29 is 4.79 Å². The molecule has 1 amide bonds. The van der Waals surface area contributed by atoms with E-state index >= 15 is 0 Å². The molecular weight excluding hydrogens is 310 g/mol. The third kappa shape index (κ3) is 3.90. The number of aromatic nitrogens is 2. The average molecular weight is 335 g/mol. The Hall–Kier alpha value is -2.62. The summed E-state index contributed by atoms with van der Waals surface area (Å²) in [4.78, 5) is 17.0. The number of aryl methyl sites for hydroxylation is 1. The molecule has 3 rings (SSSR count). The Morgan fingerprint density at radius 2 is 1.92 bits per heavy atom. The highest BCUT2D eigenvalue weighted by Gasteiger charge is 2.23.